The minimum atomic E-state index is -1.74. The lowest BCUT2D eigenvalue weighted by Crippen LogP contribution is -2.58. The number of carboxylic acid groups (broad SMARTS) is 2. The first-order chi connectivity index (χ1) is 15.3. The van der Waals surface area contributed by atoms with Crippen LogP contribution in [0.2, 0.25) is 0 Å². The van der Waals surface area contributed by atoms with Crippen LogP contribution in [0.15, 0.2) is 0 Å². The van der Waals surface area contributed by atoms with E-state index in [2.05, 4.69) is 10.6 Å². The highest BCUT2D eigenvalue weighted by molar-refractivity contribution is 5.96. The van der Waals surface area contributed by atoms with Crippen molar-refractivity contribution < 1.29 is 44.1 Å². The summed E-state index contributed by atoms with van der Waals surface area (Å²) in [5.41, 5.74) is 15.9. The molecule has 0 aromatic rings. The van der Waals surface area contributed by atoms with E-state index in [4.69, 9.17) is 27.4 Å². The molecule has 0 saturated carbocycles. The molecule has 5 atom stereocenters. The zero-order chi connectivity index (χ0) is 25.7. The Bertz CT molecular complexity index is 730. The van der Waals surface area contributed by atoms with Gasteiger partial charge in [0.2, 0.25) is 23.6 Å². The van der Waals surface area contributed by atoms with Crippen LogP contribution in [0.5, 0.6) is 0 Å². The minimum absolute atomic E-state index is 0.0577. The highest BCUT2D eigenvalue weighted by Crippen LogP contribution is 2.05. The molecule has 0 bridgehead atoms. The summed E-state index contributed by atoms with van der Waals surface area (Å²) < 4.78 is 0. The zero-order valence-electron chi connectivity index (χ0n) is 18.2. The highest BCUT2D eigenvalue weighted by atomic mass is 16.4. The molecule has 0 aliphatic rings. The lowest BCUT2D eigenvalue weighted by molar-refractivity contribution is -0.145. The van der Waals surface area contributed by atoms with Crippen molar-refractivity contribution in [3.8, 4) is 0 Å². The van der Waals surface area contributed by atoms with Crippen molar-refractivity contribution in [3.63, 3.8) is 0 Å². The van der Waals surface area contributed by atoms with Crippen LogP contribution in [-0.4, -0.2) is 87.7 Å². The number of nitrogens with one attached hydrogen (secondary N) is 3. The van der Waals surface area contributed by atoms with Gasteiger partial charge in [0, 0.05) is 0 Å². The molecule has 4 amide bonds. The fourth-order valence-corrected chi connectivity index (χ4v) is 2.58. The molecule has 0 saturated heterocycles. The van der Waals surface area contributed by atoms with Crippen molar-refractivity contribution in [3.05, 3.63) is 0 Å². The Morgan fingerprint density at radius 1 is 0.818 bits per heavy atom. The zero-order valence-corrected chi connectivity index (χ0v) is 18.2. The molecule has 0 heterocycles. The Hall–Kier alpha value is -3.30. The summed E-state index contributed by atoms with van der Waals surface area (Å²) in [6.45, 7) is 1.57. The Kier molecular flexibility index (Phi) is 13.2. The number of carbonyl (C=O) groups excluding carboxylic acids is 4. The maximum Gasteiger partial charge on any atom is 0.326 e. The van der Waals surface area contributed by atoms with Crippen LogP contribution in [0.3, 0.4) is 0 Å². The fourth-order valence-electron chi connectivity index (χ4n) is 2.58. The SMILES string of the molecule is CC(O)C(N)C(=O)NC(CCCCN)C(=O)NC(CC(=O)O)C(=O)NC(CC(N)=O)C(=O)O. The van der Waals surface area contributed by atoms with E-state index >= 15 is 0 Å². The van der Waals surface area contributed by atoms with Gasteiger partial charge in [0.1, 0.15) is 24.2 Å². The van der Waals surface area contributed by atoms with Crippen LogP contribution in [0.4, 0.5) is 0 Å². The number of carboxylic acids is 2. The predicted molar refractivity (Wildman–Crippen MR) is 112 cm³/mol. The Morgan fingerprint density at radius 2 is 1.33 bits per heavy atom. The van der Waals surface area contributed by atoms with Gasteiger partial charge < -0.3 is 48.5 Å². The summed E-state index contributed by atoms with van der Waals surface area (Å²) in [5, 5.41) is 34.1. The third-order valence-corrected chi connectivity index (χ3v) is 4.43. The van der Waals surface area contributed by atoms with E-state index in [1.807, 2.05) is 5.32 Å². The molecule has 188 valence electrons. The molecule has 0 fully saturated rings. The summed E-state index contributed by atoms with van der Waals surface area (Å²) in [6.07, 6.45) is -1.96. The van der Waals surface area contributed by atoms with Gasteiger partial charge >= 0.3 is 11.9 Å². The van der Waals surface area contributed by atoms with E-state index in [0.717, 1.165) is 0 Å². The van der Waals surface area contributed by atoms with Crippen LogP contribution in [0.25, 0.3) is 0 Å². The summed E-state index contributed by atoms with van der Waals surface area (Å²) in [4.78, 5) is 70.7. The van der Waals surface area contributed by atoms with Crippen molar-refractivity contribution in [1.29, 1.82) is 0 Å². The fraction of sp³-hybridized carbons (Fsp3) is 0.667. The second kappa shape index (κ2) is 14.7. The van der Waals surface area contributed by atoms with Gasteiger partial charge in [-0.3, -0.25) is 24.0 Å². The number of rotatable bonds is 16. The standard InChI is InChI=1S/C18H32N6O9/c1-8(25)14(21)17(31)22-9(4-2-3-5-19)15(29)23-10(7-13(27)28)16(30)24-11(18(32)33)6-12(20)26/h8-11,14,25H,2-7,19,21H2,1H3,(H2,20,26)(H,22,31)(H,23,29)(H,24,30)(H,27,28)(H,32,33). The third-order valence-electron chi connectivity index (χ3n) is 4.43. The number of hydrogen-bond acceptors (Lipinski definition) is 9. The molecule has 0 radical (unpaired) electrons. The van der Waals surface area contributed by atoms with Gasteiger partial charge in [-0.1, -0.05) is 0 Å². The summed E-state index contributed by atoms with van der Waals surface area (Å²) in [5.74, 6) is -7.10. The molecule has 15 nitrogen and oxygen atoms in total. The molecule has 12 N–H and O–H groups in total. The average molecular weight is 476 g/mol. The number of aliphatic hydroxyl groups excluding tert-OH is 1. The molecular weight excluding hydrogens is 444 g/mol. The average Bonchev–Trinajstić information content (AvgIpc) is 2.70. The van der Waals surface area contributed by atoms with Crippen molar-refractivity contribution in [2.45, 2.75) is 69.3 Å². The summed E-state index contributed by atoms with van der Waals surface area (Å²) >= 11 is 0. The van der Waals surface area contributed by atoms with Crippen LogP contribution in [-0.2, 0) is 28.8 Å². The first-order valence-corrected chi connectivity index (χ1v) is 10.1. The smallest absolute Gasteiger partial charge is 0.326 e. The number of unbranched alkanes of at least 4 members (excludes halogenated alkanes) is 1. The Morgan fingerprint density at radius 3 is 1.79 bits per heavy atom. The first-order valence-electron chi connectivity index (χ1n) is 10.1. The van der Waals surface area contributed by atoms with Crippen molar-refractivity contribution >= 4 is 35.6 Å². The number of hydrogen-bond donors (Lipinski definition) is 9. The maximum absolute atomic E-state index is 12.7. The number of amides is 4. The number of primary amides is 1. The van der Waals surface area contributed by atoms with Crippen LogP contribution >= 0.6 is 0 Å². The molecule has 0 aromatic carbocycles. The lowest BCUT2D eigenvalue weighted by Gasteiger charge is -2.25. The van der Waals surface area contributed by atoms with E-state index in [1.165, 1.54) is 6.92 Å². The van der Waals surface area contributed by atoms with Gasteiger partial charge in [-0.2, -0.15) is 0 Å². The molecule has 0 aromatic heterocycles. The predicted octanol–water partition coefficient (Wildman–Crippen LogP) is -4.29. The second-order valence-electron chi connectivity index (χ2n) is 7.34. The molecular formula is C18H32N6O9. The molecule has 5 unspecified atom stereocenters. The number of aliphatic hydroxyl groups is 1. The van der Waals surface area contributed by atoms with Gasteiger partial charge in [0.05, 0.1) is 18.9 Å². The maximum atomic E-state index is 12.7. The van der Waals surface area contributed by atoms with Gasteiger partial charge in [-0.25, -0.2) is 4.79 Å². The molecule has 33 heavy (non-hydrogen) atoms. The monoisotopic (exact) mass is 476 g/mol. The van der Waals surface area contributed by atoms with Crippen LogP contribution in [0.1, 0.15) is 39.0 Å². The first kappa shape index (κ1) is 29.7. The summed E-state index contributed by atoms with van der Waals surface area (Å²) in [6, 6.07) is -6.08. The van der Waals surface area contributed by atoms with Crippen molar-refractivity contribution in [2.24, 2.45) is 17.2 Å². The number of carbonyl (C=O) groups is 6. The quantitative estimate of drug-likeness (QED) is 0.0960. The topological polar surface area (TPSA) is 277 Å². The van der Waals surface area contributed by atoms with Crippen molar-refractivity contribution in [1.82, 2.24) is 16.0 Å². The largest absolute Gasteiger partial charge is 0.481 e. The van der Waals surface area contributed by atoms with E-state index in [-0.39, 0.29) is 6.42 Å². The van der Waals surface area contributed by atoms with Gasteiger partial charge in [0.15, 0.2) is 0 Å². The van der Waals surface area contributed by atoms with Gasteiger partial charge in [-0.05, 0) is 32.7 Å². The number of nitrogens with two attached hydrogens (primary N) is 3. The normalized spacial score (nSPS) is 15.3. The summed E-state index contributed by atoms with van der Waals surface area (Å²) in [7, 11) is 0. The van der Waals surface area contributed by atoms with Crippen LogP contribution < -0.4 is 33.2 Å². The molecule has 0 rings (SSSR count). The second-order valence-corrected chi connectivity index (χ2v) is 7.34. The van der Waals surface area contributed by atoms with Crippen molar-refractivity contribution in [2.75, 3.05) is 6.54 Å². The Labute approximate surface area is 189 Å². The highest BCUT2D eigenvalue weighted by Gasteiger charge is 2.32. The number of aliphatic carboxylic acids is 2. The minimum Gasteiger partial charge on any atom is -0.481 e. The molecule has 0 spiro atoms. The third kappa shape index (κ3) is 11.8. The Balaban J connectivity index is 5.55. The van der Waals surface area contributed by atoms with E-state index in [9.17, 15) is 33.9 Å². The van der Waals surface area contributed by atoms with Gasteiger partial charge in [-0.15, -0.1) is 0 Å². The molecule has 15 heteroatoms. The van der Waals surface area contributed by atoms with E-state index in [0.29, 0.717) is 19.4 Å². The van der Waals surface area contributed by atoms with E-state index < -0.39 is 78.7 Å². The molecule has 0 aliphatic carbocycles. The molecule has 0 aliphatic heterocycles. The van der Waals surface area contributed by atoms with Gasteiger partial charge in [0.25, 0.3) is 0 Å². The van der Waals surface area contributed by atoms with E-state index in [1.54, 1.807) is 0 Å². The lowest BCUT2D eigenvalue weighted by atomic mass is 10.1. The van der Waals surface area contributed by atoms with Crippen LogP contribution in [0, 0.1) is 0 Å².